The van der Waals surface area contributed by atoms with Gasteiger partial charge in [0.05, 0.1) is 17.3 Å². The minimum absolute atomic E-state index is 0.277. The summed E-state index contributed by atoms with van der Waals surface area (Å²) in [7, 11) is 0. The summed E-state index contributed by atoms with van der Waals surface area (Å²) in [6, 6.07) is 11.7. The standard InChI is InChI=1S/C17H16ClN3O/c18-13-6-1-2-8-15(13)21-16(12-5-4-10-22-11-12)20-14-7-3-9-19-17(14)21/h1-3,6-9,12H,4-5,10-11H2. The Morgan fingerprint density at radius 3 is 2.91 bits per heavy atom. The molecule has 1 aliphatic rings. The molecule has 0 aliphatic carbocycles. The maximum absolute atomic E-state index is 6.42. The predicted octanol–water partition coefficient (Wildman–Crippen LogP) is 3.97. The third-order valence-corrected chi connectivity index (χ3v) is 4.38. The van der Waals surface area contributed by atoms with Gasteiger partial charge in [0, 0.05) is 18.7 Å². The fraction of sp³-hybridized carbons (Fsp3) is 0.294. The van der Waals surface area contributed by atoms with Crippen LogP contribution in [0, 0.1) is 0 Å². The van der Waals surface area contributed by atoms with Gasteiger partial charge in [-0.05, 0) is 37.1 Å². The van der Waals surface area contributed by atoms with Gasteiger partial charge in [0.15, 0.2) is 5.65 Å². The van der Waals surface area contributed by atoms with Crippen LogP contribution < -0.4 is 0 Å². The lowest BCUT2D eigenvalue weighted by atomic mass is 10.0. The molecule has 3 aromatic rings. The number of para-hydroxylation sites is 1. The molecule has 1 fully saturated rings. The number of imidazole rings is 1. The SMILES string of the molecule is Clc1ccccc1-n1c(C2CCCOC2)nc2cccnc21. The molecule has 2 aromatic heterocycles. The second kappa shape index (κ2) is 5.71. The summed E-state index contributed by atoms with van der Waals surface area (Å²) in [5.74, 6) is 1.26. The Hall–Kier alpha value is -1.91. The number of hydrogen-bond donors (Lipinski definition) is 0. The fourth-order valence-corrected chi connectivity index (χ4v) is 3.24. The second-order valence-electron chi connectivity index (χ2n) is 5.52. The van der Waals surface area contributed by atoms with E-state index in [-0.39, 0.29) is 5.92 Å². The maximum Gasteiger partial charge on any atom is 0.164 e. The van der Waals surface area contributed by atoms with Crippen molar-refractivity contribution >= 4 is 22.8 Å². The molecule has 5 heteroatoms. The first-order valence-electron chi connectivity index (χ1n) is 7.50. The Kier molecular flexibility index (Phi) is 3.56. The molecule has 0 saturated carbocycles. The molecule has 0 bridgehead atoms. The van der Waals surface area contributed by atoms with Crippen molar-refractivity contribution < 1.29 is 4.74 Å². The summed E-state index contributed by atoms with van der Waals surface area (Å²) in [6.07, 6.45) is 3.93. The van der Waals surface area contributed by atoms with Gasteiger partial charge >= 0.3 is 0 Å². The highest BCUT2D eigenvalue weighted by atomic mass is 35.5. The molecule has 1 aromatic carbocycles. The lowest BCUT2D eigenvalue weighted by Gasteiger charge is -2.22. The Morgan fingerprint density at radius 2 is 2.09 bits per heavy atom. The highest BCUT2D eigenvalue weighted by Gasteiger charge is 2.24. The number of hydrogen-bond acceptors (Lipinski definition) is 3. The van der Waals surface area contributed by atoms with Crippen molar-refractivity contribution in [3.8, 4) is 5.69 Å². The van der Waals surface area contributed by atoms with Gasteiger partial charge in [-0.25, -0.2) is 9.97 Å². The maximum atomic E-state index is 6.42. The van der Waals surface area contributed by atoms with E-state index >= 15 is 0 Å². The van der Waals surface area contributed by atoms with Crippen molar-refractivity contribution in [1.82, 2.24) is 14.5 Å². The van der Waals surface area contributed by atoms with E-state index < -0.39 is 0 Å². The number of aromatic nitrogens is 3. The van der Waals surface area contributed by atoms with Gasteiger partial charge in [-0.15, -0.1) is 0 Å². The van der Waals surface area contributed by atoms with Crippen LogP contribution in [0.5, 0.6) is 0 Å². The molecule has 0 amide bonds. The number of nitrogens with zero attached hydrogens (tertiary/aromatic N) is 3. The average molecular weight is 314 g/mol. The van der Waals surface area contributed by atoms with E-state index in [1.807, 2.05) is 36.4 Å². The third kappa shape index (κ3) is 2.28. The van der Waals surface area contributed by atoms with E-state index in [0.29, 0.717) is 11.6 Å². The quantitative estimate of drug-likeness (QED) is 0.718. The van der Waals surface area contributed by atoms with Gasteiger partial charge < -0.3 is 4.74 Å². The molecule has 4 nitrogen and oxygen atoms in total. The molecule has 0 N–H and O–H groups in total. The van der Waals surface area contributed by atoms with Crippen LogP contribution in [0.1, 0.15) is 24.6 Å². The fourth-order valence-electron chi connectivity index (χ4n) is 3.02. The first kappa shape index (κ1) is 13.7. The molecule has 1 aliphatic heterocycles. The van der Waals surface area contributed by atoms with Crippen molar-refractivity contribution in [1.29, 1.82) is 0 Å². The Balaban J connectivity index is 1.96. The predicted molar refractivity (Wildman–Crippen MR) is 86.7 cm³/mol. The van der Waals surface area contributed by atoms with E-state index in [4.69, 9.17) is 21.3 Å². The molecule has 0 radical (unpaired) electrons. The molecule has 0 spiro atoms. The average Bonchev–Trinajstić information content (AvgIpc) is 2.95. The minimum Gasteiger partial charge on any atom is -0.381 e. The van der Waals surface area contributed by atoms with Gasteiger partial charge in [-0.1, -0.05) is 23.7 Å². The van der Waals surface area contributed by atoms with Crippen molar-refractivity contribution in [2.24, 2.45) is 0 Å². The Morgan fingerprint density at radius 1 is 1.18 bits per heavy atom. The topological polar surface area (TPSA) is 39.9 Å². The van der Waals surface area contributed by atoms with Crippen LogP contribution in [-0.4, -0.2) is 27.7 Å². The summed E-state index contributed by atoms with van der Waals surface area (Å²) in [5.41, 5.74) is 2.66. The first-order valence-corrected chi connectivity index (χ1v) is 7.88. The molecule has 22 heavy (non-hydrogen) atoms. The molecule has 1 atom stereocenters. The third-order valence-electron chi connectivity index (χ3n) is 4.06. The Bertz CT molecular complexity index is 809. The van der Waals surface area contributed by atoms with Crippen LogP contribution in [0.2, 0.25) is 5.02 Å². The summed E-state index contributed by atoms with van der Waals surface area (Å²) >= 11 is 6.42. The lowest BCUT2D eigenvalue weighted by molar-refractivity contribution is 0.0778. The van der Waals surface area contributed by atoms with E-state index in [9.17, 15) is 0 Å². The van der Waals surface area contributed by atoms with Crippen molar-refractivity contribution in [3.05, 3.63) is 53.4 Å². The first-order chi connectivity index (χ1) is 10.8. The zero-order chi connectivity index (χ0) is 14.9. The Labute approximate surface area is 133 Å². The van der Waals surface area contributed by atoms with Gasteiger partial charge in [0.25, 0.3) is 0 Å². The number of rotatable bonds is 2. The smallest absolute Gasteiger partial charge is 0.164 e. The number of pyridine rings is 1. The van der Waals surface area contributed by atoms with Crippen LogP contribution in [0.3, 0.4) is 0 Å². The van der Waals surface area contributed by atoms with E-state index in [1.54, 1.807) is 6.20 Å². The van der Waals surface area contributed by atoms with Crippen molar-refractivity contribution in [2.75, 3.05) is 13.2 Å². The van der Waals surface area contributed by atoms with Gasteiger partial charge in [-0.2, -0.15) is 0 Å². The molecule has 112 valence electrons. The zero-order valence-electron chi connectivity index (χ0n) is 12.1. The summed E-state index contributed by atoms with van der Waals surface area (Å²) < 4.78 is 7.73. The lowest BCUT2D eigenvalue weighted by Crippen LogP contribution is -2.19. The van der Waals surface area contributed by atoms with Crippen molar-refractivity contribution in [3.63, 3.8) is 0 Å². The van der Waals surface area contributed by atoms with Crippen LogP contribution in [0.25, 0.3) is 16.9 Å². The summed E-state index contributed by atoms with van der Waals surface area (Å²) in [4.78, 5) is 9.33. The molecule has 4 rings (SSSR count). The second-order valence-corrected chi connectivity index (χ2v) is 5.92. The summed E-state index contributed by atoms with van der Waals surface area (Å²) in [5, 5.41) is 0.699. The van der Waals surface area contributed by atoms with Gasteiger partial charge in [0.2, 0.25) is 0 Å². The zero-order valence-corrected chi connectivity index (χ0v) is 12.8. The number of ether oxygens (including phenoxy) is 1. The normalized spacial score (nSPS) is 18.7. The molecular formula is C17H16ClN3O. The molecule has 3 heterocycles. The summed E-state index contributed by atoms with van der Waals surface area (Å²) in [6.45, 7) is 1.54. The number of halogens is 1. The van der Waals surface area contributed by atoms with Crippen LogP contribution in [0.15, 0.2) is 42.6 Å². The van der Waals surface area contributed by atoms with E-state index in [0.717, 1.165) is 42.1 Å². The van der Waals surface area contributed by atoms with Gasteiger partial charge in [0.1, 0.15) is 11.3 Å². The van der Waals surface area contributed by atoms with Crippen LogP contribution in [0.4, 0.5) is 0 Å². The molecule has 1 unspecified atom stereocenters. The molecule has 1 saturated heterocycles. The largest absolute Gasteiger partial charge is 0.381 e. The van der Waals surface area contributed by atoms with Gasteiger partial charge in [-0.3, -0.25) is 4.57 Å². The minimum atomic E-state index is 0.277. The number of fused-ring (bicyclic) bond motifs is 1. The number of benzene rings is 1. The highest BCUT2D eigenvalue weighted by Crippen LogP contribution is 2.32. The van der Waals surface area contributed by atoms with Crippen LogP contribution >= 0.6 is 11.6 Å². The molecular weight excluding hydrogens is 298 g/mol. The van der Waals surface area contributed by atoms with E-state index in [2.05, 4.69) is 9.55 Å². The van der Waals surface area contributed by atoms with E-state index in [1.165, 1.54) is 0 Å². The monoisotopic (exact) mass is 313 g/mol. The van der Waals surface area contributed by atoms with Crippen LogP contribution in [-0.2, 0) is 4.74 Å². The highest BCUT2D eigenvalue weighted by molar-refractivity contribution is 6.32. The van der Waals surface area contributed by atoms with Crippen molar-refractivity contribution in [2.45, 2.75) is 18.8 Å².